The highest BCUT2D eigenvalue weighted by atomic mass is 16.5. The van der Waals surface area contributed by atoms with E-state index in [1.807, 2.05) is 0 Å². The summed E-state index contributed by atoms with van der Waals surface area (Å²) in [5.41, 5.74) is 1.04. The van der Waals surface area contributed by atoms with Gasteiger partial charge in [0.15, 0.2) is 0 Å². The monoisotopic (exact) mass is 369 g/mol. The number of ether oxygens (including phenoxy) is 3. The molecule has 0 amide bonds. The molecular formula is C20H19NO6. The van der Waals surface area contributed by atoms with Crippen molar-refractivity contribution in [1.29, 1.82) is 0 Å². The highest BCUT2D eigenvalue weighted by Crippen LogP contribution is 2.33. The second kappa shape index (κ2) is 7.41. The van der Waals surface area contributed by atoms with E-state index < -0.39 is 18.1 Å². The van der Waals surface area contributed by atoms with Crippen LogP contribution in [-0.2, 0) is 11.3 Å². The third-order valence-electron chi connectivity index (χ3n) is 4.30. The van der Waals surface area contributed by atoms with E-state index >= 15 is 0 Å². The van der Waals surface area contributed by atoms with E-state index in [-0.39, 0.29) is 0 Å². The number of fused-ring (bicyclic) bond motifs is 1. The normalized spacial score (nSPS) is 10.6. The number of carbonyl (C=O) groups is 1. The minimum Gasteiger partial charge on any atom is -0.497 e. The Morgan fingerprint density at radius 2 is 1.63 bits per heavy atom. The molecule has 0 aliphatic heterocycles. The number of aliphatic carboxylic acids is 1. The van der Waals surface area contributed by atoms with Crippen LogP contribution in [0.25, 0.3) is 22.0 Å². The second-order valence-electron chi connectivity index (χ2n) is 5.83. The molecule has 0 atom stereocenters. The summed E-state index contributed by atoms with van der Waals surface area (Å²) in [6, 6.07) is 12.0. The standard InChI is InChI=1S/C20H19NO6/c1-25-13-6-4-12(5-7-13)15-10-16-17(21(20(15)24)11-19(22)23)8-14(26-2)9-18(16)27-3/h4-10H,11H2,1-3H3,(H,22,23). The van der Waals surface area contributed by atoms with Crippen LogP contribution in [0.15, 0.2) is 47.3 Å². The van der Waals surface area contributed by atoms with Crippen LogP contribution in [0, 0.1) is 0 Å². The van der Waals surface area contributed by atoms with Crippen LogP contribution in [-0.4, -0.2) is 37.0 Å². The zero-order valence-corrected chi connectivity index (χ0v) is 15.2. The summed E-state index contributed by atoms with van der Waals surface area (Å²) in [7, 11) is 4.56. The fourth-order valence-electron chi connectivity index (χ4n) is 2.97. The molecule has 0 aliphatic carbocycles. The minimum absolute atomic E-state index is 0.370. The van der Waals surface area contributed by atoms with Crippen molar-refractivity contribution in [2.75, 3.05) is 21.3 Å². The smallest absolute Gasteiger partial charge is 0.323 e. The van der Waals surface area contributed by atoms with Crippen molar-refractivity contribution in [3.63, 3.8) is 0 Å². The summed E-state index contributed by atoms with van der Waals surface area (Å²) >= 11 is 0. The van der Waals surface area contributed by atoms with E-state index in [0.717, 1.165) is 0 Å². The molecular weight excluding hydrogens is 350 g/mol. The van der Waals surface area contributed by atoms with Gasteiger partial charge in [0.05, 0.1) is 26.8 Å². The molecule has 0 unspecified atom stereocenters. The summed E-state index contributed by atoms with van der Waals surface area (Å²) in [6.07, 6.45) is 0. The minimum atomic E-state index is -1.12. The number of methoxy groups -OCH3 is 3. The number of aromatic nitrogens is 1. The van der Waals surface area contributed by atoms with E-state index in [9.17, 15) is 14.7 Å². The SMILES string of the molecule is COc1ccc(-c2cc3c(OC)cc(OC)cc3n(CC(=O)O)c2=O)cc1. The molecule has 0 aliphatic rings. The molecule has 3 rings (SSSR count). The Labute approximate surface area is 155 Å². The van der Waals surface area contributed by atoms with Gasteiger partial charge in [0.1, 0.15) is 23.8 Å². The van der Waals surface area contributed by atoms with Crippen molar-refractivity contribution in [2.45, 2.75) is 6.54 Å². The first-order chi connectivity index (χ1) is 13.0. The topological polar surface area (TPSA) is 87.0 Å². The average Bonchev–Trinajstić information content (AvgIpc) is 2.68. The molecule has 27 heavy (non-hydrogen) atoms. The van der Waals surface area contributed by atoms with E-state index in [1.165, 1.54) is 18.8 Å². The van der Waals surface area contributed by atoms with Crippen molar-refractivity contribution >= 4 is 16.9 Å². The molecule has 0 spiro atoms. The largest absolute Gasteiger partial charge is 0.497 e. The maximum absolute atomic E-state index is 13.1. The van der Waals surface area contributed by atoms with Crippen molar-refractivity contribution in [3.8, 4) is 28.4 Å². The van der Waals surface area contributed by atoms with Crippen molar-refractivity contribution in [1.82, 2.24) is 4.57 Å². The van der Waals surface area contributed by atoms with Gasteiger partial charge in [0.2, 0.25) is 0 Å². The molecule has 7 nitrogen and oxygen atoms in total. The van der Waals surface area contributed by atoms with Crippen LogP contribution in [0.1, 0.15) is 0 Å². The summed E-state index contributed by atoms with van der Waals surface area (Å²) in [6.45, 7) is -0.477. The van der Waals surface area contributed by atoms with Crippen LogP contribution < -0.4 is 19.8 Å². The zero-order valence-electron chi connectivity index (χ0n) is 15.2. The van der Waals surface area contributed by atoms with Crippen molar-refractivity contribution in [3.05, 3.63) is 52.8 Å². The Balaban J connectivity index is 2.36. The second-order valence-corrected chi connectivity index (χ2v) is 5.83. The molecule has 1 aromatic heterocycles. The van der Waals surface area contributed by atoms with Gasteiger partial charge in [-0.2, -0.15) is 0 Å². The van der Waals surface area contributed by atoms with Crippen LogP contribution in [0.3, 0.4) is 0 Å². The predicted octanol–water partition coefficient (Wildman–Crippen LogP) is 2.78. The Hall–Kier alpha value is -3.48. The van der Waals surface area contributed by atoms with Gasteiger partial charge in [-0.25, -0.2) is 0 Å². The molecule has 0 bridgehead atoms. The van der Waals surface area contributed by atoms with Gasteiger partial charge in [-0.3, -0.25) is 14.2 Å². The fraction of sp³-hybridized carbons (Fsp3) is 0.200. The summed E-state index contributed by atoms with van der Waals surface area (Å²) in [4.78, 5) is 24.4. The Kier molecular flexibility index (Phi) is 5.03. The summed E-state index contributed by atoms with van der Waals surface area (Å²) < 4.78 is 17.0. The lowest BCUT2D eigenvalue weighted by Crippen LogP contribution is -2.26. The van der Waals surface area contributed by atoms with E-state index in [2.05, 4.69) is 0 Å². The first-order valence-electron chi connectivity index (χ1n) is 8.14. The number of carboxylic acid groups (broad SMARTS) is 1. The van der Waals surface area contributed by atoms with Gasteiger partial charge >= 0.3 is 5.97 Å². The molecule has 3 aromatic rings. The van der Waals surface area contributed by atoms with Crippen molar-refractivity contribution in [2.24, 2.45) is 0 Å². The molecule has 0 saturated heterocycles. The third-order valence-corrected chi connectivity index (χ3v) is 4.30. The van der Waals surface area contributed by atoms with Gasteiger partial charge in [0.25, 0.3) is 5.56 Å². The Morgan fingerprint density at radius 1 is 0.963 bits per heavy atom. The summed E-state index contributed by atoms with van der Waals surface area (Å²) in [5.74, 6) is 0.494. The highest BCUT2D eigenvalue weighted by Gasteiger charge is 2.17. The fourth-order valence-corrected chi connectivity index (χ4v) is 2.97. The van der Waals surface area contributed by atoms with Gasteiger partial charge in [-0.15, -0.1) is 0 Å². The molecule has 1 N–H and O–H groups in total. The quantitative estimate of drug-likeness (QED) is 0.719. The number of carboxylic acids is 1. The molecule has 140 valence electrons. The maximum Gasteiger partial charge on any atom is 0.323 e. The number of benzene rings is 2. The van der Waals surface area contributed by atoms with Crippen LogP contribution in [0.4, 0.5) is 0 Å². The van der Waals surface area contributed by atoms with E-state index in [1.54, 1.807) is 49.6 Å². The zero-order chi connectivity index (χ0) is 19.6. The highest BCUT2D eigenvalue weighted by molar-refractivity contribution is 5.91. The van der Waals surface area contributed by atoms with E-state index in [4.69, 9.17) is 14.2 Å². The van der Waals surface area contributed by atoms with Crippen LogP contribution in [0.2, 0.25) is 0 Å². The number of hydrogen-bond acceptors (Lipinski definition) is 5. The molecule has 0 radical (unpaired) electrons. The summed E-state index contributed by atoms with van der Waals surface area (Å²) in [5, 5.41) is 9.91. The van der Waals surface area contributed by atoms with Crippen LogP contribution in [0.5, 0.6) is 17.2 Å². The first kappa shape index (κ1) is 18.3. The average molecular weight is 369 g/mol. The van der Waals surface area contributed by atoms with Crippen molar-refractivity contribution < 1.29 is 24.1 Å². The molecule has 0 saturated carbocycles. The molecule has 1 heterocycles. The lowest BCUT2D eigenvalue weighted by molar-refractivity contribution is -0.137. The molecule has 0 fully saturated rings. The molecule has 2 aromatic carbocycles. The number of hydrogen-bond donors (Lipinski definition) is 1. The van der Waals surface area contributed by atoms with Gasteiger partial charge in [-0.05, 0) is 23.8 Å². The third kappa shape index (κ3) is 3.44. The number of rotatable bonds is 6. The van der Waals surface area contributed by atoms with Gasteiger partial charge < -0.3 is 19.3 Å². The molecule has 7 heteroatoms. The Bertz CT molecular complexity index is 1050. The van der Waals surface area contributed by atoms with Crippen LogP contribution >= 0.6 is 0 Å². The first-order valence-corrected chi connectivity index (χ1v) is 8.14. The predicted molar refractivity (Wildman–Crippen MR) is 101 cm³/mol. The lowest BCUT2D eigenvalue weighted by Gasteiger charge is -2.15. The van der Waals surface area contributed by atoms with Gasteiger partial charge in [-0.1, -0.05) is 12.1 Å². The maximum atomic E-state index is 13.1. The van der Waals surface area contributed by atoms with E-state index in [0.29, 0.717) is 39.3 Å². The number of nitrogens with zero attached hydrogens (tertiary/aromatic N) is 1. The van der Waals surface area contributed by atoms with Gasteiger partial charge in [0, 0.05) is 23.1 Å². The number of pyridine rings is 1. The Morgan fingerprint density at radius 3 is 2.19 bits per heavy atom. The lowest BCUT2D eigenvalue weighted by atomic mass is 10.0.